The minimum atomic E-state index is -0.0702. The van der Waals surface area contributed by atoms with E-state index in [-0.39, 0.29) is 5.97 Å². The van der Waals surface area contributed by atoms with Crippen molar-refractivity contribution in [1.82, 2.24) is 0 Å². The van der Waals surface area contributed by atoms with Gasteiger partial charge in [-0.2, -0.15) is 0 Å². The van der Waals surface area contributed by atoms with Crippen molar-refractivity contribution in [3.05, 3.63) is 35.4 Å². The Morgan fingerprint density at radius 3 is 3.07 bits per heavy atom. The van der Waals surface area contributed by atoms with Crippen LogP contribution in [0.15, 0.2) is 24.3 Å². The summed E-state index contributed by atoms with van der Waals surface area (Å²) in [5.41, 5.74) is 2.73. The second kappa shape index (κ2) is 4.47. The molecular formula is C13H16O2. The topological polar surface area (TPSA) is 26.3 Å². The standard InChI is InChI=1S/C13H16O2/c1-2-15-13(14)9-11-8-7-10-5-3-4-6-12(10)11/h3-6,11H,2,7-9H2,1H3/t11-/m0/s1. The summed E-state index contributed by atoms with van der Waals surface area (Å²) in [4.78, 5) is 11.4. The molecule has 1 atom stereocenters. The van der Waals surface area contributed by atoms with Gasteiger partial charge in [-0.05, 0) is 36.8 Å². The van der Waals surface area contributed by atoms with Gasteiger partial charge in [0.2, 0.25) is 0 Å². The molecule has 2 nitrogen and oxygen atoms in total. The molecule has 1 aromatic carbocycles. The molecule has 15 heavy (non-hydrogen) atoms. The first-order chi connectivity index (χ1) is 7.31. The SMILES string of the molecule is CCOC(=O)C[C@@H]1CCc2ccccc21. The molecule has 0 N–H and O–H groups in total. The number of hydrogen-bond donors (Lipinski definition) is 0. The predicted octanol–water partition coefficient (Wildman–Crippen LogP) is 2.67. The Hall–Kier alpha value is -1.31. The number of benzene rings is 1. The van der Waals surface area contributed by atoms with Crippen molar-refractivity contribution in [2.75, 3.05) is 6.61 Å². The zero-order valence-corrected chi connectivity index (χ0v) is 9.03. The number of rotatable bonds is 3. The Bertz CT molecular complexity index is 357. The Balaban J connectivity index is 2.04. The van der Waals surface area contributed by atoms with E-state index in [1.807, 2.05) is 13.0 Å². The van der Waals surface area contributed by atoms with E-state index in [1.54, 1.807) is 0 Å². The van der Waals surface area contributed by atoms with Crippen LogP contribution in [0, 0.1) is 0 Å². The van der Waals surface area contributed by atoms with Crippen molar-refractivity contribution in [2.24, 2.45) is 0 Å². The fourth-order valence-electron chi connectivity index (χ4n) is 2.28. The Morgan fingerprint density at radius 1 is 1.47 bits per heavy atom. The van der Waals surface area contributed by atoms with Crippen LogP contribution in [-0.4, -0.2) is 12.6 Å². The highest BCUT2D eigenvalue weighted by Crippen LogP contribution is 2.35. The molecule has 0 heterocycles. The highest BCUT2D eigenvalue weighted by molar-refractivity contribution is 5.70. The summed E-state index contributed by atoms with van der Waals surface area (Å²) in [6.07, 6.45) is 2.71. The smallest absolute Gasteiger partial charge is 0.306 e. The van der Waals surface area contributed by atoms with Crippen molar-refractivity contribution in [3.63, 3.8) is 0 Å². The molecule has 0 saturated heterocycles. The van der Waals surface area contributed by atoms with Gasteiger partial charge in [0, 0.05) is 0 Å². The summed E-state index contributed by atoms with van der Waals surface area (Å²) in [7, 11) is 0. The fourth-order valence-corrected chi connectivity index (χ4v) is 2.28. The molecule has 80 valence electrons. The lowest BCUT2D eigenvalue weighted by Gasteiger charge is -2.10. The lowest BCUT2D eigenvalue weighted by Crippen LogP contribution is -2.08. The van der Waals surface area contributed by atoms with Gasteiger partial charge in [-0.15, -0.1) is 0 Å². The summed E-state index contributed by atoms with van der Waals surface area (Å²) < 4.78 is 4.98. The van der Waals surface area contributed by atoms with Crippen LogP contribution in [0.4, 0.5) is 0 Å². The number of carbonyl (C=O) groups is 1. The van der Waals surface area contributed by atoms with E-state index in [0.717, 1.165) is 12.8 Å². The number of esters is 1. The molecule has 0 unspecified atom stereocenters. The lowest BCUT2D eigenvalue weighted by atomic mass is 9.98. The minimum Gasteiger partial charge on any atom is -0.466 e. The molecule has 0 radical (unpaired) electrons. The van der Waals surface area contributed by atoms with Crippen LogP contribution in [0.1, 0.15) is 36.8 Å². The van der Waals surface area contributed by atoms with Crippen molar-refractivity contribution in [1.29, 1.82) is 0 Å². The van der Waals surface area contributed by atoms with E-state index in [9.17, 15) is 4.79 Å². The summed E-state index contributed by atoms with van der Waals surface area (Å²) in [6.45, 7) is 2.33. The molecule has 0 aliphatic heterocycles. The number of hydrogen-bond acceptors (Lipinski definition) is 2. The van der Waals surface area contributed by atoms with Crippen molar-refractivity contribution >= 4 is 5.97 Å². The van der Waals surface area contributed by atoms with Gasteiger partial charge in [0.25, 0.3) is 0 Å². The Morgan fingerprint density at radius 2 is 2.27 bits per heavy atom. The van der Waals surface area contributed by atoms with Gasteiger partial charge in [0.15, 0.2) is 0 Å². The normalized spacial score (nSPS) is 18.6. The van der Waals surface area contributed by atoms with Crippen molar-refractivity contribution in [3.8, 4) is 0 Å². The molecule has 1 aromatic rings. The van der Waals surface area contributed by atoms with E-state index < -0.39 is 0 Å². The zero-order chi connectivity index (χ0) is 10.7. The Kier molecular flexibility index (Phi) is 3.05. The van der Waals surface area contributed by atoms with Gasteiger partial charge in [-0.3, -0.25) is 4.79 Å². The monoisotopic (exact) mass is 204 g/mol. The first-order valence-corrected chi connectivity index (χ1v) is 5.54. The van der Waals surface area contributed by atoms with E-state index in [2.05, 4.69) is 18.2 Å². The van der Waals surface area contributed by atoms with Crippen LogP contribution in [-0.2, 0) is 16.0 Å². The average Bonchev–Trinajstić information content (AvgIpc) is 2.62. The highest BCUT2D eigenvalue weighted by Gasteiger charge is 2.24. The molecule has 0 saturated carbocycles. The van der Waals surface area contributed by atoms with Gasteiger partial charge < -0.3 is 4.74 Å². The quantitative estimate of drug-likeness (QED) is 0.707. The molecule has 2 heteroatoms. The minimum absolute atomic E-state index is 0.0702. The van der Waals surface area contributed by atoms with Gasteiger partial charge in [0.05, 0.1) is 13.0 Å². The van der Waals surface area contributed by atoms with E-state index >= 15 is 0 Å². The molecule has 0 aromatic heterocycles. The fraction of sp³-hybridized carbons (Fsp3) is 0.462. The van der Waals surface area contributed by atoms with Crippen LogP contribution in [0.5, 0.6) is 0 Å². The van der Waals surface area contributed by atoms with E-state index in [0.29, 0.717) is 18.9 Å². The van der Waals surface area contributed by atoms with E-state index in [4.69, 9.17) is 4.74 Å². The molecule has 1 aliphatic rings. The van der Waals surface area contributed by atoms with Crippen LogP contribution < -0.4 is 0 Å². The second-order valence-electron chi connectivity index (χ2n) is 3.94. The number of ether oxygens (including phenoxy) is 1. The van der Waals surface area contributed by atoms with Crippen LogP contribution in [0.25, 0.3) is 0 Å². The van der Waals surface area contributed by atoms with Gasteiger partial charge in [0.1, 0.15) is 0 Å². The largest absolute Gasteiger partial charge is 0.466 e. The maximum Gasteiger partial charge on any atom is 0.306 e. The summed E-state index contributed by atoms with van der Waals surface area (Å²) in [6, 6.07) is 8.39. The molecule has 0 amide bonds. The zero-order valence-electron chi connectivity index (χ0n) is 9.03. The predicted molar refractivity (Wildman–Crippen MR) is 58.8 cm³/mol. The molecule has 0 spiro atoms. The van der Waals surface area contributed by atoms with Crippen LogP contribution in [0.2, 0.25) is 0 Å². The maximum absolute atomic E-state index is 11.4. The lowest BCUT2D eigenvalue weighted by molar-refractivity contribution is -0.143. The number of fused-ring (bicyclic) bond motifs is 1. The third kappa shape index (κ3) is 2.20. The summed E-state index contributed by atoms with van der Waals surface area (Å²) in [5.74, 6) is 0.305. The Labute approximate surface area is 90.3 Å². The average molecular weight is 204 g/mol. The second-order valence-corrected chi connectivity index (χ2v) is 3.94. The molecular weight excluding hydrogens is 188 g/mol. The third-order valence-corrected chi connectivity index (χ3v) is 2.98. The molecule has 1 aliphatic carbocycles. The van der Waals surface area contributed by atoms with Crippen LogP contribution in [0.3, 0.4) is 0 Å². The third-order valence-electron chi connectivity index (χ3n) is 2.98. The summed E-state index contributed by atoms with van der Waals surface area (Å²) >= 11 is 0. The number of carbonyl (C=O) groups excluding carboxylic acids is 1. The van der Waals surface area contributed by atoms with Gasteiger partial charge >= 0.3 is 5.97 Å². The van der Waals surface area contributed by atoms with Gasteiger partial charge in [-0.25, -0.2) is 0 Å². The van der Waals surface area contributed by atoms with E-state index in [1.165, 1.54) is 11.1 Å². The number of aryl methyl sites for hydroxylation is 1. The van der Waals surface area contributed by atoms with Gasteiger partial charge in [-0.1, -0.05) is 24.3 Å². The summed E-state index contributed by atoms with van der Waals surface area (Å²) in [5, 5.41) is 0. The highest BCUT2D eigenvalue weighted by atomic mass is 16.5. The maximum atomic E-state index is 11.4. The molecule has 2 rings (SSSR count). The van der Waals surface area contributed by atoms with Crippen LogP contribution >= 0.6 is 0 Å². The first kappa shape index (κ1) is 10.2. The first-order valence-electron chi connectivity index (χ1n) is 5.54. The van der Waals surface area contributed by atoms with Crippen molar-refractivity contribution in [2.45, 2.75) is 32.1 Å². The molecule has 0 bridgehead atoms. The molecule has 0 fully saturated rings. The van der Waals surface area contributed by atoms with Crippen molar-refractivity contribution < 1.29 is 9.53 Å².